The van der Waals surface area contributed by atoms with E-state index >= 15 is 0 Å². The van der Waals surface area contributed by atoms with E-state index in [1.165, 1.54) is 0 Å². The molecule has 0 N–H and O–H groups in total. The second-order valence-corrected chi connectivity index (χ2v) is 4.07. The Morgan fingerprint density at radius 3 is 2.42 bits per heavy atom. The van der Waals surface area contributed by atoms with Crippen molar-refractivity contribution in [3.8, 4) is 5.75 Å². The first-order valence-electron chi connectivity index (χ1n) is 6.15. The summed E-state index contributed by atoms with van der Waals surface area (Å²) in [4.78, 5) is 0. The topological polar surface area (TPSA) is 18.5 Å². The summed E-state index contributed by atoms with van der Waals surface area (Å²) in [5.41, 5.74) is -1.23. The fourth-order valence-corrected chi connectivity index (χ4v) is 1.43. The predicted octanol–water partition coefficient (Wildman–Crippen LogP) is 3.08. The average molecular weight is 279 g/mol. The summed E-state index contributed by atoms with van der Waals surface area (Å²) >= 11 is 0. The van der Waals surface area contributed by atoms with Gasteiger partial charge in [-0.1, -0.05) is 24.9 Å². The molecule has 0 saturated heterocycles. The summed E-state index contributed by atoms with van der Waals surface area (Å²) in [5.74, 6) is -1.24. The first-order chi connectivity index (χ1) is 8.95. The second kappa shape index (κ2) is 7.38. The van der Waals surface area contributed by atoms with Crippen molar-refractivity contribution >= 4 is 12.4 Å². The standard InChI is InChI=1S/C12H16BF4O2/c1-2-3-6-18-7-8-19-10-4-5-11(12(14)9-10)13(15,16)17/h4-5,9H,2-3,6-8H2,1H3/q-1. The van der Waals surface area contributed by atoms with Crippen molar-refractivity contribution in [3.63, 3.8) is 0 Å². The predicted molar refractivity (Wildman–Crippen MR) is 66.3 cm³/mol. The largest absolute Gasteiger partial charge is 0.512 e. The minimum Gasteiger partial charge on any atom is -0.491 e. The fourth-order valence-electron chi connectivity index (χ4n) is 1.43. The number of ether oxygens (including phenoxy) is 2. The minimum atomic E-state index is -5.33. The van der Waals surface area contributed by atoms with E-state index in [0.717, 1.165) is 25.0 Å². The van der Waals surface area contributed by atoms with Gasteiger partial charge >= 0.3 is 6.98 Å². The summed E-state index contributed by atoms with van der Waals surface area (Å²) in [6, 6.07) is 2.55. The molecular formula is C12H16BF4O2-. The summed E-state index contributed by atoms with van der Waals surface area (Å²) in [6.07, 6.45) is 1.96. The van der Waals surface area contributed by atoms with Crippen molar-refractivity contribution in [2.75, 3.05) is 19.8 Å². The lowest BCUT2D eigenvalue weighted by atomic mass is 9.80. The molecule has 0 unspecified atom stereocenters. The van der Waals surface area contributed by atoms with E-state index in [1.807, 2.05) is 6.92 Å². The minimum absolute atomic E-state index is 0.0698. The van der Waals surface area contributed by atoms with Crippen LogP contribution in [0.3, 0.4) is 0 Å². The van der Waals surface area contributed by atoms with Crippen LogP contribution in [0.5, 0.6) is 5.75 Å². The van der Waals surface area contributed by atoms with Gasteiger partial charge in [0.2, 0.25) is 0 Å². The van der Waals surface area contributed by atoms with E-state index in [2.05, 4.69) is 0 Å². The fraction of sp³-hybridized carbons (Fsp3) is 0.500. The van der Waals surface area contributed by atoms with Crippen LogP contribution in [-0.4, -0.2) is 26.8 Å². The van der Waals surface area contributed by atoms with Gasteiger partial charge in [-0.15, -0.1) is 0 Å². The summed E-state index contributed by atoms with van der Waals surface area (Å²) < 4.78 is 60.6. The maximum atomic E-state index is 13.2. The molecule has 0 aromatic heterocycles. The monoisotopic (exact) mass is 279 g/mol. The van der Waals surface area contributed by atoms with Crippen molar-refractivity contribution in [2.45, 2.75) is 19.8 Å². The van der Waals surface area contributed by atoms with Crippen molar-refractivity contribution in [1.82, 2.24) is 0 Å². The maximum absolute atomic E-state index is 13.2. The number of unbranched alkanes of at least 4 members (excludes halogenated alkanes) is 1. The molecule has 2 nitrogen and oxygen atoms in total. The molecule has 1 aromatic rings. The number of rotatable bonds is 8. The SMILES string of the molecule is CCCCOCCOc1ccc([B-](F)(F)F)c(F)c1. The van der Waals surface area contributed by atoms with Crippen LogP contribution in [-0.2, 0) is 4.74 Å². The van der Waals surface area contributed by atoms with Gasteiger partial charge in [0.15, 0.2) is 0 Å². The number of hydrogen-bond donors (Lipinski definition) is 0. The van der Waals surface area contributed by atoms with E-state index in [1.54, 1.807) is 0 Å². The van der Waals surface area contributed by atoms with Gasteiger partial charge < -0.3 is 22.4 Å². The van der Waals surface area contributed by atoms with E-state index in [4.69, 9.17) is 9.47 Å². The van der Waals surface area contributed by atoms with Crippen LogP contribution in [0.1, 0.15) is 19.8 Å². The van der Waals surface area contributed by atoms with E-state index in [-0.39, 0.29) is 12.4 Å². The van der Waals surface area contributed by atoms with Crippen molar-refractivity contribution in [3.05, 3.63) is 24.0 Å². The highest BCUT2D eigenvalue weighted by Gasteiger charge is 2.28. The van der Waals surface area contributed by atoms with Gasteiger partial charge in [-0.25, -0.2) is 4.39 Å². The Balaban J connectivity index is 2.42. The molecule has 19 heavy (non-hydrogen) atoms. The molecule has 0 radical (unpaired) electrons. The molecule has 0 saturated carbocycles. The average Bonchev–Trinajstić information content (AvgIpc) is 2.32. The normalized spacial score (nSPS) is 11.6. The summed E-state index contributed by atoms with van der Waals surface area (Å²) in [7, 11) is 0. The molecule has 0 aliphatic rings. The lowest BCUT2D eigenvalue weighted by molar-refractivity contribution is 0.0979. The number of benzene rings is 1. The molecule has 0 heterocycles. The van der Waals surface area contributed by atoms with Gasteiger partial charge in [-0.05, 0) is 12.5 Å². The Morgan fingerprint density at radius 1 is 1.11 bits per heavy atom. The van der Waals surface area contributed by atoms with Gasteiger partial charge in [0.05, 0.1) is 12.4 Å². The molecule has 0 atom stereocenters. The molecule has 7 heteroatoms. The zero-order valence-corrected chi connectivity index (χ0v) is 10.7. The van der Waals surface area contributed by atoms with Gasteiger partial charge in [0.25, 0.3) is 0 Å². The van der Waals surface area contributed by atoms with Crippen molar-refractivity contribution < 1.29 is 26.8 Å². The third kappa shape index (κ3) is 5.51. The van der Waals surface area contributed by atoms with Crippen LogP contribution < -0.4 is 10.2 Å². The van der Waals surface area contributed by atoms with Gasteiger partial charge in [-0.3, -0.25) is 0 Å². The second-order valence-electron chi connectivity index (χ2n) is 4.07. The van der Waals surface area contributed by atoms with Gasteiger partial charge in [0.1, 0.15) is 12.4 Å². The number of hydrogen-bond acceptors (Lipinski definition) is 2. The molecule has 0 aliphatic heterocycles. The molecule has 0 bridgehead atoms. The maximum Gasteiger partial charge on any atom is 0.512 e. The van der Waals surface area contributed by atoms with E-state index in [9.17, 15) is 17.3 Å². The van der Waals surface area contributed by atoms with Crippen LogP contribution in [0.15, 0.2) is 18.2 Å². The molecule has 0 aliphatic carbocycles. The zero-order valence-electron chi connectivity index (χ0n) is 10.7. The number of halogens is 4. The molecule has 0 amide bonds. The first-order valence-corrected chi connectivity index (χ1v) is 6.15. The van der Waals surface area contributed by atoms with Crippen LogP contribution in [0, 0.1) is 5.82 Å². The molecule has 0 spiro atoms. The smallest absolute Gasteiger partial charge is 0.491 e. The van der Waals surface area contributed by atoms with Crippen LogP contribution in [0.4, 0.5) is 17.3 Å². The van der Waals surface area contributed by atoms with Crippen LogP contribution >= 0.6 is 0 Å². The highest BCUT2D eigenvalue weighted by molar-refractivity contribution is 6.73. The van der Waals surface area contributed by atoms with Gasteiger partial charge in [0, 0.05) is 12.7 Å². The lowest BCUT2D eigenvalue weighted by Gasteiger charge is -2.16. The van der Waals surface area contributed by atoms with E-state index < -0.39 is 18.3 Å². The molecule has 108 valence electrons. The van der Waals surface area contributed by atoms with Gasteiger partial charge in [-0.2, -0.15) is 0 Å². The summed E-state index contributed by atoms with van der Waals surface area (Å²) in [6.45, 7) is -2.17. The Labute approximate surface area is 109 Å². The molecular weight excluding hydrogens is 263 g/mol. The Hall–Kier alpha value is -1.24. The summed E-state index contributed by atoms with van der Waals surface area (Å²) in [5, 5.41) is 0. The van der Waals surface area contributed by atoms with Crippen LogP contribution in [0.25, 0.3) is 0 Å². The Bertz CT molecular complexity index is 396. The third-order valence-electron chi connectivity index (χ3n) is 2.46. The van der Waals surface area contributed by atoms with Crippen LogP contribution in [0.2, 0.25) is 0 Å². The van der Waals surface area contributed by atoms with Crippen molar-refractivity contribution in [2.24, 2.45) is 0 Å². The quantitative estimate of drug-likeness (QED) is 0.413. The highest BCUT2D eigenvalue weighted by atomic mass is 19.4. The third-order valence-corrected chi connectivity index (χ3v) is 2.46. The molecule has 1 aromatic carbocycles. The lowest BCUT2D eigenvalue weighted by Crippen LogP contribution is -2.36. The Kier molecular flexibility index (Phi) is 6.14. The first kappa shape index (κ1) is 15.8. The van der Waals surface area contributed by atoms with Crippen molar-refractivity contribution in [1.29, 1.82) is 0 Å². The molecule has 0 fully saturated rings. The molecule has 1 rings (SSSR count). The highest BCUT2D eigenvalue weighted by Crippen LogP contribution is 2.16. The zero-order chi connectivity index (χ0) is 14.3. The Morgan fingerprint density at radius 2 is 1.84 bits per heavy atom. The van der Waals surface area contributed by atoms with E-state index in [0.29, 0.717) is 19.3 Å².